The van der Waals surface area contributed by atoms with Gasteiger partial charge in [-0.25, -0.2) is 24.5 Å². The normalized spacial score (nSPS) is 14.4. The Morgan fingerprint density at radius 2 is 1.79 bits per heavy atom. The Morgan fingerprint density at radius 3 is 2.41 bits per heavy atom. The molecule has 1 aliphatic rings. The molecule has 0 spiro atoms. The number of nitrogens with one attached hydrogen (secondary N) is 1. The summed E-state index contributed by atoms with van der Waals surface area (Å²) >= 11 is 6.61. The number of rotatable bonds is 4. The number of carbonyl (C=O) groups excluding carboxylic acids is 1. The predicted octanol–water partition coefficient (Wildman–Crippen LogP) is 5.60. The number of ether oxygens (including phenoxy) is 1. The number of anilines is 2. The number of hydrogen-bond acceptors (Lipinski definition) is 7. The Balaban J connectivity index is 1.74. The first-order valence-electron chi connectivity index (χ1n) is 11.9. The van der Waals surface area contributed by atoms with Gasteiger partial charge in [0, 0.05) is 37.1 Å². The van der Waals surface area contributed by atoms with Gasteiger partial charge in [0.1, 0.15) is 23.6 Å². The van der Waals surface area contributed by atoms with Crippen LogP contribution in [0.4, 0.5) is 34.4 Å². The number of amides is 2. The molecule has 0 saturated carbocycles. The average molecular weight is 567 g/mol. The van der Waals surface area contributed by atoms with E-state index in [2.05, 4.69) is 20.3 Å². The molecule has 0 atom stereocenters. The Labute approximate surface area is 226 Å². The maximum atomic E-state index is 13.4. The lowest BCUT2D eigenvalue weighted by atomic mass is 10.0. The molecule has 1 saturated heterocycles. The Morgan fingerprint density at radius 1 is 1.10 bits per heavy atom. The van der Waals surface area contributed by atoms with Gasteiger partial charge in [-0.1, -0.05) is 17.7 Å². The molecule has 208 valence electrons. The highest BCUT2D eigenvalue weighted by molar-refractivity contribution is 6.34. The van der Waals surface area contributed by atoms with Crippen molar-refractivity contribution in [2.24, 2.45) is 0 Å². The Kier molecular flexibility index (Phi) is 7.73. The number of pyridine rings is 1. The third-order valence-corrected chi connectivity index (χ3v) is 6.12. The highest BCUT2D eigenvalue weighted by atomic mass is 35.5. The van der Waals surface area contributed by atoms with Gasteiger partial charge in [-0.3, -0.25) is 5.32 Å². The molecular formula is C25H26ClF3N6O4. The second-order valence-electron chi connectivity index (χ2n) is 9.93. The van der Waals surface area contributed by atoms with Gasteiger partial charge in [0.05, 0.1) is 22.7 Å². The van der Waals surface area contributed by atoms with Crippen molar-refractivity contribution in [1.29, 1.82) is 0 Å². The van der Waals surface area contributed by atoms with E-state index in [9.17, 15) is 27.9 Å². The summed E-state index contributed by atoms with van der Waals surface area (Å²) in [6, 6.07) is 5.57. The van der Waals surface area contributed by atoms with E-state index < -0.39 is 30.4 Å². The zero-order valence-corrected chi connectivity index (χ0v) is 22.1. The number of aromatic nitrogens is 3. The van der Waals surface area contributed by atoms with Crippen LogP contribution in [-0.4, -0.2) is 75.1 Å². The first kappa shape index (κ1) is 28.1. The zero-order chi connectivity index (χ0) is 28.5. The summed E-state index contributed by atoms with van der Waals surface area (Å²) in [4.78, 5) is 39.6. The van der Waals surface area contributed by atoms with Crippen molar-refractivity contribution in [3.05, 3.63) is 41.2 Å². The van der Waals surface area contributed by atoms with E-state index in [-0.39, 0.29) is 40.8 Å². The number of nitrogens with zero attached hydrogens (tertiary/aromatic N) is 5. The summed E-state index contributed by atoms with van der Waals surface area (Å²) in [6.07, 6.45) is -6.27. The molecule has 0 radical (unpaired) electrons. The van der Waals surface area contributed by atoms with Gasteiger partial charge in [0.25, 0.3) is 0 Å². The quantitative estimate of drug-likeness (QED) is 0.419. The number of alkyl halides is 3. The van der Waals surface area contributed by atoms with E-state index in [1.54, 1.807) is 26.8 Å². The molecule has 0 unspecified atom stereocenters. The standard InChI is InChI=1S/C25H26ClF3N6O4/c1-24(2,3)39-22(36)33-19-5-4-14(12-25(27,28)29)20(32-19)15-11-18-16(10-17(15)26)21(31-13-30-18)34-6-8-35(9-7-34)23(37)38/h4-5,10-11,13H,6-9,12H2,1-3H3,(H,37,38)(H,32,33,36). The van der Waals surface area contributed by atoms with E-state index in [0.29, 0.717) is 29.8 Å². The van der Waals surface area contributed by atoms with Crippen molar-refractivity contribution >= 4 is 46.3 Å². The largest absolute Gasteiger partial charge is 0.465 e. The summed E-state index contributed by atoms with van der Waals surface area (Å²) in [7, 11) is 0. The topological polar surface area (TPSA) is 121 Å². The molecule has 10 nitrogen and oxygen atoms in total. The smallest absolute Gasteiger partial charge is 0.413 e. The van der Waals surface area contributed by atoms with E-state index in [4.69, 9.17) is 16.3 Å². The average Bonchev–Trinajstić information content (AvgIpc) is 2.82. The lowest BCUT2D eigenvalue weighted by molar-refractivity contribution is -0.127. The minimum atomic E-state index is -4.52. The summed E-state index contributed by atoms with van der Waals surface area (Å²) in [5.41, 5.74) is -0.398. The summed E-state index contributed by atoms with van der Waals surface area (Å²) in [6.45, 7) is 6.39. The van der Waals surface area contributed by atoms with Crippen LogP contribution in [0.1, 0.15) is 26.3 Å². The van der Waals surface area contributed by atoms with Crippen LogP contribution in [-0.2, 0) is 11.2 Å². The SMILES string of the molecule is CC(C)(C)OC(=O)Nc1ccc(CC(F)(F)F)c(-c2cc3ncnc(N4CCN(C(=O)O)CC4)c3cc2Cl)n1. The molecule has 1 aromatic carbocycles. The minimum Gasteiger partial charge on any atom is -0.465 e. The molecule has 2 amide bonds. The third-order valence-electron chi connectivity index (χ3n) is 5.81. The third kappa shape index (κ3) is 6.96. The van der Waals surface area contributed by atoms with Crippen LogP contribution in [0, 0.1) is 0 Å². The minimum absolute atomic E-state index is 0.0129. The molecule has 4 rings (SSSR count). The Hall–Kier alpha value is -3.87. The highest BCUT2D eigenvalue weighted by Gasteiger charge is 2.31. The maximum Gasteiger partial charge on any atom is 0.413 e. The number of fused-ring (bicyclic) bond motifs is 1. The molecule has 3 heterocycles. The van der Waals surface area contributed by atoms with Crippen molar-refractivity contribution in [3.8, 4) is 11.3 Å². The molecule has 0 aliphatic carbocycles. The number of carbonyl (C=O) groups is 2. The number of benzene rings is 1. The van der Waals surface area contributed by atoms with Gasteiger partial charge in [0.2, 0.25) is 0 Å². The van der Waals surface area contributed by atoms with Crippen LogP contribution in [0.2, 0.25) is 5.02 Å². The molecular weight excluding hydrogens is 541 g/mol. The summed E-state index contributed by atoms with van der Waals surface area (Å²) in [5, 5.41) is 12.3. The van der Waals surface area contributed by atoms with Crippen molar-refractivity contribution < 1.29 is 32.6 Å². The molecule has 3 aromatic rings. The fourth-order valence-electron chi connectivity index (χ4n) is 4.16. The number of hydrogen-bond donors (Lipinski definition) is 2. The van der Waals surface area contributed by atoms with Crippen molar-refractivity contribution in [2.75, 3.05) is 36.4 Å². The first-order valence-corrected chi connectivity index (χ1v) is 12.3. The summed E-state index contributed by atoms with van der Waals surface area (Å²) < 4.78 is 45.4. The van der Waals surface area contributed by atoms with E-state index in [1.807, 2.05) is 4.90 Å². The molecule has 2 N–H and O–H groups in total. The zero-order valence-electron chi connectivity index (χ0n) is 21.3. The molecule has 1 fully saturated rings. The van der Waals surface area contributed by atoms with Crippen LogP contribution >= 0.6 is 11.6 Å². The first-order chi connectivity index (χ1) is 18.2. The molecule has 39 heavy (non-hydrogen) atoms. The maximum absolute atomic E-state index is 13.4. The van der Waals surface area contributed by atoms with Gasteiger partial charge in [-0.2, -0.15) is 13.2 Å². The van der Waals surface area contributed by atoms with Crippen LogP contribution in [0.5, 0.6) is 0 Å². The van der Waals surface area contributed by atoms with Gasteiger partial charge < -0.3 is 19.6 Å². The second kappa shape index (κ2) is 10.7. The fourth-order valence-corrected chi connectivity index (χ4v) is 4.42. The van der Waals surface area contributed by atoms with Gasteiger partial charge in [-0.05, 0) is 44.5 Å². The lowest BCUT2D eigenvalue weighted by Crippen LogP contribution is -2.48. The van der Waals surface area contributed by atoms with Crippen LogP contribution in [0.15, 0.2) is 30.6 Å². The predicted molar refractivity (Wildman–Crippen MR) is 139 cm³/mol. The number of piperazine rings is 1. The lowest BCUT2D eigenvalue weighted by Gasteiger charge is -2.34. The van der Waals surface area contributed by atoms with Crippen molar-refractivity contribution in [2.45, 2.75) is 39.0 Å². The van der Waals surface area contributed by atoms with E-state index in [0.717, 1.165) is 0 Å². The summed E-state index contributed by atoms with van der Waals surface area (Å²) in [5.74, 6) is 0.517. The molecule has 2 aromatic heterocycles. The number of halogens is 4. The van der Waals surface area contributed by atoms with E-state index >= 15 is 0 Å². The molecule has 14 heteroatoms. The van der Waals surface area contributed by atoms with Gasteiger partial charge in [0.15, 0.2) is 0 Å². The van der Waals surface area contributed by atoms with E-state index in [1.165, 1.54) is 29.4 Å². The molecule has 1 aliphatic heterocycles. The second-order valence-corrected chi connectivity index (χ2v) is 10.3. The number of carboxylic acid groups (broad SMARTS) is 1. The van der Waals surface area contributed by atoms with Crippen LogP contribution in [0.25, 0.3) is 22.2 Å². The highest BCUT2D eigenvalue weighted by Crippen LogP contribution is 2.37. The molecule has 0 bridgehead atoms. The van der Waals surface area contributed by atoms with Crippen molar-refractivity contribution in [1.82, 2.24) is 19.9 Å². The van der Waals surface area contributed by atoms with Gasteiger partial charge in [-0.15, -0.1) is 0 Å². The fraction of sp³-hybridized carbons (Fsp3) is 0.400. The van der Waals surface area contributed by atoms with Gasteiger partial charge >= 0.3 is 18.4 Å². The van der Waals surface area contributed by atoms with Crippen molar-refractivity contribution in [3.63, 3.8) is 0 Å². The van der Waals surface area contributed by atoms with Crippen LogP contribution < -0.4 is 10.2 Å². The van der Waals surface area contributed by atoms with Crippen LogP contribution in [0.3, 0.4) is 0 Å². The Bertz CT molecular complexity index is 1410. The monoisotopic (exact) mass is 566 g/mol.